The Labute approximate surface area is 254 Å². The van der Waals surface area contributed by atoms with E-state index >= 15 is 0 Å². The van der Waals surface area contributed by atoms with Crippen molar-refractivity contribution in [2.24, 2.45) is 0 Å². The van der Waals surface area contributed by atoms with Crippen LogP contribution in [0.1, 0.15) is 57.0 Å². The van der Waals surface area contributed by atoms with Gasteiger partial charge < -0.3 is 19.9 Å². The van der Waals surface area contributed by atoms with E-state index in [0.29, 0.717) is 17.1 Å². The van der Waals surface area contributed by atoms with Gasteiger partial charge in [-0.3, -0.25) is 9.59 Å². The van der Waals surface area contributed by atoms with E-state index in [1.165, 1.54) is 35.2 Å². The Balaban J connectivity index is 1.26. The van der Waals surface area contributed by atoms with E-state index in [4.69, 9.17) is 4.74 Å². The van der Waals surface area contributed by atoms with Crippen LogP contribution < -0.4 is 10.6 Å². The molecule has 0 saturated carbocycles. The number of carbonyl (C=O) groups is 3. The number of rotatable bonds is 10. The number of nitrogens with one attached hydrogen (secondary N) is 2. The second-order valence-corrected chi connectivity index (χ2v) is 12.6. The lowest BCUT2D eigenvalue weighted by atomic mass is 10.1. The van der Waals surface area contributed by atoms with Gasteiger partial charge in [0.25, 0.3) is 5.91 Å². The smallest absolute Gasteiger partial charge is 0.416 e. The molecular weight excluding hydrogens is 599 g/mol. The number of hydrogen-bond acceptors (Lipinski definition) is 6. The molecule has 0 spiro atoms. The molecule has 2 heterocycles. The molecule has 5 rings (SSSR count). The summed E-state index contributed by atoms with van der Waals surface area (Å²) < 4.78 is 46.3. The number of benzene rings is 2. The highest BCUT2D eigenvalue weighted by Crippen LogP contribution is 2.40. The van der Waals surface area contributed by atoms with Gasteiger partial charge >= 0.3 is 12.1 Å². The van der Waals surface area contributed by atoms with Crippen molar-refractivity contribution in [2.45, 2.75) is 56.0 Å². The zero-order chi connectivity index (χ0) is 30.7. The van der Waals surface area contributed by atoms with E-state index in [1.807, 2.05) is 35.0 Å². The largest absolute Gasteiger partial charge is 0.462 e. The van der Waals surface area contributed by atoms with Gasteiger partial charge in [-0.1, -0.05) is 24.3 Å². The minimum atomic E-state index is -4.53. The van der Waals surface area contributed by atoms with Crippen LogP contribution in [0.2, 0.25) is 0 Å². The first-order valence-corrected chi connectivity index (χ1v) is 15.6. The lowest BCUT2D eigenvalue weighted by Crippen LogP contribution is -2.27. The minimum absolute atomic E-state index is 0.0645. The summed E-state index contributed by atoms with van der Waals surface area (Å²) in [5, 5.41) is 6.62. The summed E-state index contributed by atoms with van der Waals surface area (Å²) in [4.78, 5) is 40.5. The van der Waals surface area contributed by atoms with Crippen molar-refractivity contribution in [3.05, 3.63) is 81.9 Å². The number of hydrogen-bond donors (Lipinski definition) is 2. The molecule has 4 aromatic rings. The summed E-state index contributed by atoms with van der Waals surface area (Å²) in [7, 11) is 0. The Kier molecular flexibility index (Phi) is 9.16. The number of carbonyl (C=O) groups excluding carboxylic acids is 3. The fourth-order valence-electron chi connectivity index (χ4n) is 5.09. The quantitative estimate of drug-likeness (QED) is 0.147. The highest BCUT2D eigenvalue weighted by molar-refractivity contribution is 8.00. The first kappa shape index (κ1) is 30.7. The fraction of sp³-hybridized carbons (Fsp3) is 0.323. The molecule has 2 aromatic carbocycles. The van der Waals surface area contributed by atoms with Gasteiger partial charge in [0.1, 0.15) is 5.00 Å². The number of para-hydroxylation sites is 1. The highest BCUT2D eigenvalue weighted by Gasteiger charge is 2.31. The van der Waals surface area contributed by atoms with E-state index in [9.17, 15) is 27.6 Å². The summed E-state index contributed by atoms with van der Waals surface area (Å²) in [6.45, 7) is 4.36. The molecule has 0 fully saturated rings. The molecular formula is C31H30F3N3O4S2. The number of aryl methyl sites for hydroxylation is 1. The fourth-order valence-corrected chi connectivity index (χ4v) is 7.40. The normalized spacial score (nSPS) is 13.5. The van der Waals surface area contributed by atoms with E-state index in [1.54, 1.807) is 13.8 Å². The number of esters is 1. The number of thiophene rings is 1. The predicted molar refractivity (Wildman–Crippen MR) is 162 cm³/mol. The zero-order valence-corrected chi connectivity index (χ0v) is 25.2. The average Bonchev–Trinajstić information content (AvgIpc) is 3.66. The third-order valence-electron chi connectivity index (χ3n) is 7.15. The van der Waals surface area contributed by atoms with E-state index in [2.05, 4.69) is 10.6 Å². The Morgan fingerprint density at radius 2 is 1.91 bits per heavy atom. The van der Waals surface area contributed by atoms with Crippen molar-refractivity contribution in [2.75, 3.05) is 18.5 Å². The lowest BCUT2D eigenvalue weighted by Gasteiger charge is -2.12. The molecule has 43 heavy (non-hydrogen) atoms. The number of anilines is 1. The molecule has 0 aliphatic heterocycles. The van der Waals surface area contributed by atoms with Gasteiger partial charge in [0.05, 0.1) is 23.0 Å². The molecule has 12 heteroatoms. The molecule has 1 atom stereocenters. The molecule has 7 nitrogen and oxygen atoms in total. The number of halogens is 3. The van der Waals surface area contributed by atoms with Crippen LogP contribution in [0, 0.1) is 0 Å². The van der Waals surface area contributed by atoms with Crippen LogP contribution in [0.3, 0.4) is 0 Å². The van der Waals surface area contributed by atoms with Gasteiger partial charge in [-0.05, 0) is 62.9 Å². The monoisotopic (exact) mass is 629 g/mol. The van der Waals surface area contributed by atoms with Crippen LogP contribution in [0.25, 0.3) is 10.9 Å². The summed E-state index contributed by atoms with van der Waals surface area (Å²) in [6, 6.07) is 12.0. The van der Waals surface area contributed by atoms with Gasteiger partial charge in [0.2, 0.25) is 5.91 Å². The van der Waals surface area contributed by atoms with Gasteiger partial charge in [0.15, 0.2) is 0 Å². The minimum Gasteiger partial charge on any atom is -0.462 e. The maximum atomic E-state index is 13.3. The first-order valence-electron chi connectivity index (χ1n) is 13.9. The SMILES string of the molecule is CCOC(=O)c1c(NC(=O)[C@H](C)Sc2cn(CCNC(=O)c3cccc(C(F)(F)F)c3)c3ccccc23)sc2c1CCC2. The van der Waals surface area contributed by atoms with Crippen molar-refractivity contribution >= 4 is 56.8 Å². The average molecular weight is 630 g/mol. The van der Waals surface area contributed by atoms with Crippen molar-refractivity contribution in [1.82, 2.24) is 9.88 Å². The third-order valence-corrected chi connectivity index (χ3v) is 9.51. The molecule has 2 N–H and O–H groups in total. The molecule has 0 radical (unpaired) electrons. The Bertz CT molecular complexity index is 1680. The molecule has 0 saturated heterocycles. The molecule has 1 aliphatic carbocycles. The van der Waals surface area contributed by atoms with Crippen molar-refractivity contribution in [1.29, 1.82) is 0 Å². The molecule has 1 aliphatic rings. The van der Waals surface area contributed by atoms with Crippen LogP contribution in [0.5, 0.6) is 0 Å². The Hall–Kier alpha value is -3.77. The molecule has 0 unspecified atom stereocenters. The Morgan fingerprint density at radius 3 is 2.67 bits per heavy atom. The lowest BCUT2D eigenvalue weighted by molar-refractivity contribution is -0.137. The van der Waals surface area contributed by atoms with E-state index < -0.39 is 28.9 Å². The van der Waals surface area contributed by atoms with Gasteiger partial charge in [0, 0.05) is 45.5 Å². The molecule has 2 aromatic heterocycles. The summed E-state index contributed by atoms with van der Waals surface area (Å²) in [5.41, 5.74) is 1.39. The van der Waals surface area contributed by atoms with Crippen LogP contribution >= 0.6 is 23.1 Å². The molecule has 2 amide bonds. The topological polar surface area (TPSA) is 89.4 Å². The standard InChI is InChI=1S/C31H30F3N3O4S2/c1-3-41-30(40)26-22-11-7-13-24(22)43-29(26)36-27(38)18(2)42-25-17-37(23-12-5-4-10-21(23)25)15-14-35-28(39)19-8-6-9-20(16-19)31(32,33)34/h4-6,8-10,12,16-18H,3,7,11,13-15H2,1-2H3,(H,35,39)(H,36,38)/t18-/m0/s1. The third kappa shape index (κ3) is 6.75. The number of fused-ring (bicyclic) bond motifs is 2. The van der Waals surface area contributed by atoms with Gasteiger partial charge in [-0.2, -0.15) is 13.2 Å². The van der Waals surface area contributed by atoms with Crippen molar-refractivity contribution in [3.63, 3.8) is 0 Å². The summed E-state index contributed by atoms with van der Waals surface area (Å²) in [5.74, 6) is -1.24. The maximum absolute atomic E-state index is 13.3. The van der Waals surface area contributed by atoms with Crippen molar-refractivity contribution in [3.8, 4) is 0 Å². The second kappa shape index (κ2) is 12.8. The van der Waals surface area contributed by atoms with Crippen LogP contribution in [0.4, 0.5) is 18.2 Å². The summed E-state index contributed by atoms with van der Waals surface area (Å²) in [6.07, 6.45) is 0.0221. The van der Waals surface area contributed by atoms with Gasteiger partial charge in [-0.25, -0.2) is 4.79 Å². The number of nitrogens with zero attached hydrogens (tertiary/aromatic N) is 1. The van der Waals surface area contributed by atoms with Crippen LogP contribution in [-0.4, -0.2) is 40.8 Å². The number of alkyl halides is 3. The predicted octanol–water partition coefficient (Wildman–Crippen LogP) is 6.94. The number of ether oxygens (including phenoxy) is 1. The molecule has 0 bridgehead atoms. The van der Waals surface area contributed by atoms with Crippen LogP contribution in [0.15, 0.2) is 59.6 Å². The summed E-state index contributed by atoms with van der Waals surface area (Å²) >= 11 is 2.82. The number of amides is 2. The molecule has 226 valence electrons. The number of aromatic nitrogens is 1. The first-order chi connectivity index (χ1) is 20.6. The maximum Gasteiger partial charge on any atom is 0.416 e. The van der Waals surface area contributed by atoms with E-state index in [0.717, 1.165) is 57.6 Å². The number of thioether (sulfide) groups is 1. The highest BCUT2D eigenvalue weighted by atomic mass is 32.2. The Morgan fingerprint density at radius 1 is 1.12 bits per heavy atom. The van der Waals surface area contributed by atoms with Crippen molar-refractivity contribution < 1.29 is 32.3 Å². The van der Waals surface area contributed by atoms with Crippen LogP contribution in [-0.2, 0) is 35.1 Å². The van der Waals surface area contributed by atoms with Gasteiger partial charge in [-0.15, -0.1) is 23.1 Å². The van der Waals surface area contributed by atoms with E-state index in [-0.39, 0.29) is 24.6 Å². The second-order valence-electron chi connectivity index (χ2n) is 10.1. The zero-order valence-electron chi connectivity index (χ0n) is 23.5.